The lowest BCUT2D eigenvalue weighted by atomic mass is 10.3. The molecule has 0 unspecified atom stereocenters. The van der Waals surface area contributed by atoms with Crippen LogP contribution >= 0.6 is 7.80 Å². The molecule has 105 valence electrons. The Balaban J connectivity index is 2.13. The maximum Gasteiger partial charge on any atom is 0.136 e. The van der Waals surface area contributed by atoms with E-state index in [1.165, 1.54) is 0 Å². The van der Waals surface area contributed by atoms with Crippen LogP contribution in [0.5, 0.6) is 11.5 Å². The smallest absolute Gasteiger partial charge is 0.136 e. The Morgan fingerprint density at radius 2 is 1.10 bits per heavy atom. The third-order valence-corrected chi connectivity index (χ3v) is 4.30. The molecule has 0 saturated carbocycles. The van der Waals surface area contributed by atoms with Gasteiger partial charge < -0.3 is 9.47 Å². The van der Waals surface area contributed by atoms with Crippen molar-refractivity contribution >= 4 is 18.4 Å². The number of ether oxygens (including phenoxy) is 2. The molecule has 0 aliphatic heterocycles. The van der Waals surface area contributed by atoms with Crippen LogP contribution in [0.15, 0.2) is 48.5 Å². The standard InChI is InChI=1S/C16H18O3P/c1-3-18-13-5-9-15(10-6-13)20(17)16-11-7-14(8-12-16)19-4-2/h5-12H,3-4H2,1-2H3. The fourth-order valence-electron chi connectivity index (χ4n) is 1.84. The molecule has 4 heteroatoms. The Bertz CT molecular complexity index is 510. The molecule has 0 amide bonds. The quantitative estimate of drug-likeness (QED) is 0.766. The van der Waals surface area contributed by atoms with Crippen molar-refractivity contribution in [2.75, 3.05) is 13.2 Å². The third-order valence-electron chi connectivity index (χ3n) is 2.76. The molecule has 0 aliphatic carbocycles. The van der Waals surface area contributed by atoms with Gasteiger partial charge in [-0.1, -0.05) is 0 Å². The van der Waals surface area contributed by atoms with Crippen molar-refractivity contribution in [2.45, 2.75) is 13.8 Å². The van der Waals surface area contributed by atoms with E-state index in [0.717, 1.165) is 22.1 Å². The predicted octanol–water partition coefficient (Wildman–Crippen LogP) is 3.26. The second-order valence-corrected chi connectivity index (χ2v) is 5.77. The number of hydrogen-bond acceptors (Lipinski definition) is 3. The van der Waals surface area contributed by atoms with Crippen LogP contribution in [0.25, 0.3) is 0 Å². The molecule has 0 aliphatic rings. The fraction of sp³-hybridized carbons (Fsp3) is 0.250. The molecule has 0 spiro atoms. The molecular weight excluding hydrogens is 271 g/mol. The highest BCUT2D eigenvalue weighted by Gasteiger charge is 2.08. The molecule has 2 aromatic carbocycles. The van der Waals surface area contributed by atoms with Crippen LogP contribution in [0.2, 0.25) is 0 Å². The third kappa shape index (κ3) is 3.58. The summed E-state index contributed by atoms with van der Waals surface area (Å²) in [7, 11) is -1.58. The topological polar surface area (TPSA) is 35.5 Å². The molecule has 2 rings (SSSR count). The molecule has 0 saturated heterocycles. The van der Waals surface area contributed by atoms with E-state index in [0.29, 0.717) is 13.2 Å². The second kappa shape index (κ2) is 7.06. The van der Waals surface area contributed by atoms with E-state index < -0.39 is 7.80 Å². The molecule has 2 aromatic rings. The van der Waals surface area contributed by atoms with Crippen molar-refractivity contribution in [3.63, 3.8) is 0 Å². The summed E-state index contributed by atoms with van der Waals surface area (Å²) in [5.41, 5.74) is 0. The van der Waals surface area contributed by atoms with E-state index in [-0.39, 0.29) is 0 Å². The van der Waals surface area contributed by atoms with E-state index in [1.54, 1.807) is 0 Å². The Morgan fingerprint density at radius 1 is 0.750 bits per heavy atom. The predicted molar refractivity (Wildman–Crippen MR) is 82.1 cm³/mol. The summed E-state index contributed by atoms with van der Waals surface area (Å²) in [6.45, 7) is 5.14. The van der Waals surface area contributed by atoms with Crippen molar-refractivity contribution < 1.29 is 14.0 Å². The van der Waals surface area contributed by atoms with Gasteiger partial charge in [-0.25, -0.2) is 0 Å². The normalized spacial score (nSPS) is 10.1. The average molecular weight is 289 g/mol. The lowest BCUT2D eigenvalue weighted by Gasteiger charge is -2.06. The van der Waals surface area contributed by atoms with Crippen molar-refractivity contribution in [1.82, 2.24) is 0 Å². The van der Waals surface area contributed by atoms with Gasteiger partial charge in [0.1, 0.15) is 19.3 Å². The van der Waals surface area contributed by atoms with Crippen molar-refractivity contribution in [2.24, 2.45) is 0 Å². The zero-order valence-corrected chi connectivity index (χ0v) is 12.6. The minimum atomic E-state index is -1.58. The molecule has 0 fully saturated rings. The minimum Gasteiger partial charge on any atom is -0.494 e. The van der Waals surface area contributed by atoms with Crippen LogP contribution in [-0.2, 0) is 4.57 Å². The van der Waals surface area contributed by atoms with E-state index in [2.05, 4.69) is 0 Å². The minimum absolute atomic E-state index is 0.629. The molecule has 0 atom stereocenters. The Hall–Kier alpha value is -1.86. The molecule has 3 nitrogen and oxygen atoms in total. The Kier molecular flexibility index (Phi) is 5.14. The van der Waals surface area contributed by atoms with Gasteiger partial charge in [0, 0.05) is 10.6 Å². The first-order valence-corrected chi connectivity index (χ1v) is 7.93. The molecule has 0 N–H and O–H groups in total. The zero-order chi connectivity index (χ0) is 14.4. The van der Waals surface area contributed by atoms with Crippen LogP contribution in [0, 0.1) is 0 Å². The summed E-state index contributed by atoms with van der Waals surface area (Å²) in [6.07, 6.45) is 0. The van der Waals surface area contributed by atoms with Crippen LogP contribution < -0.4 is 20.1 Å². The number of rotatable bonds is 6. The van der Waals surface area contributed by atoms with Gasteiger partial charge in [-0.3, -0.25) is 4.57 Å². The number of benzene rings is 2. The van der Waals surface area contributed by atoms with Crippen LogP contribution in [-0.4, -0.2) is 13.2 Å². The van der Waals surface area contributed by atoms with E-state index in [1.807, 2.05) is 62.4 Å². The first-order chi connectivity index (χ1) is 9.74. The largest absolute Gasteiger partial charge is 0.494 e. The maximum absolute atomic E-state index is 12.5. The summed E-state index contributed by atoms with van der Waals surface area (Å²) in [5, 5.41) is 1.60. The van der Waals surface area contributed by atoms with Gasteiger partial charge >= 0.3 is 0 Å². The molecule has 1 radical (unpaired) electrons. The average Bonchev–Trinajstić information content (AvgIpc) is 2.49. The summed E-state index contributed by atoms with van der Waals surface area (Å²) in [6, 6.07) is 14.8. The molecular formula is C16H18O3P. The van der Waals surface area contributed by atoms with E-state index in [4.69, 9.17) is 9.47 Å². The summed E-state index contributed by atoms with van der Waals surface area (Å²) >= 11 is 0. The van der Waals surface area contributed by atoms with Gasteiger partial charge in [-0.05, 0) is 62.4 Å². The highest BCUT2D eigenvalue weighted by atomic mass is 31.1. The first-order valence-electron chi connectivity index (χ1n) is 6.67. The van der Waals surface area contributed by atoms with Crippen molar-refractivity contribution in [3.8, 4) is 11.5 Å². The van der Waals surface area contributed by atoms with Gasteiger partial charge in [0.15, 0.2) is 0 Å². The van der Waals surface area contributed by atoms with E-state index >= 15 is 0 Å². The van der Waals surface area contributed by atoms with Crippen molar-refractivity contribution in [1.29, 1.82) is 0 Å². The van der Waals surface area contributed by atoms with Crippen LogP contribution in [0.3, 0.4) is 0 Å². The van der Waals surface area contributed by atoms with E-state index in [9.17, 15) is 4.57 Å². The summed E-state index contributed by atoms with van der Waals surface area (Å²) < 4.78 is 23.2. The lowest BCUT2D eigenvalue weighted by molar-refractivity contribution is 0.340. The zero-order valence-electron chi connectivity index (χ0n) is 11.7. The second-order valence-electron chi connectivity index (χ2n) is 4.15. The highest BCUT2D eigenvalue weighted by Crippen LogP contribution is 2.22. The van der Waals surface area contributed by atoms with Gasteiger partial charge in [0.25, 0.3) is 0 Å². The Morgan fingerprint density at radius 3 is 1.40 bits per heavy atom. The number of hydrogen-bond donors (Lipinski definition) is 0. The molecule has 0 aromatic heterocycles. The summed E-state index contributed by atoms with van der Waals surface area (Å²) in [4.78, 5) is 0. The maximum atomic E-state index is 12.5. The van der Waals surface area contributed by atoms with Gasteiger partial charge in [-0.15, -0.1) is 0 Å². The highest BCUT2D eigenvalue weighted by molar-refractivity contribution is 7.61. The molecule has 20 heavy (non-hydrogen) atoms. The van der Waals surface area contributed by atoms with Crippen molar-refractivity contribution in [3.05, 3.63) is 48.5 Å². The molecule has 0 bridgehead atoms. The SMILES string of the molecule is CCOc1ccc([P](=O)c2ccc(OCC)cc2)cc1. The van der Waals surface area contributed by atoms with Crippen LogP contribution in [0.4, 0.5) is 0 Å². The Labute approximate surface area is 120 Å². The molecule has 0 heterocycles. The lowest BCUT2D eigenvalue weighted by Crippen LogP contribution is -2.06. The monoisotopic (exact) mass is 289 g/mol. The fourth-order valence-corrected chi connectivity index (χ4v) is 2.98. The summed E-state index contributed by atoms with van der Waals surface area (Å²) in [5.74, 6) is 1.60. The van der Waals surface area contributed by atoms with Gasteiger partial charge in [0.05, 0.1) is 13.2 Å². The van der Waals surface area contributed by atoms with Gasteiger partial charge in [-0.2, -0.15) is 0 Å². The first kappa shape index (κ1) is 14.5. The van der Waals surface area contributed by atoms with Gasteiger partial charge in [0.2, 0.25) is 0 Å². The van der Waals surface area contributed by atoms with Crippen LogP contribution in [0.1, 0.15) is 13.8 Å².